The lowest BCUT2D eigenvalue weighted by Gasteiger charge is -2.27. The second kappa shape index (κ2) is 7.42. The van der Waals surface area contributed by atoms with Crippen LogP contribution in [0.3, 0.4) is 0 Å². The monoisotopic (exact) mass is 362 g/mol. The number of hydrogen-bond donors (Lipinski definition) is 0. The third-order valence-electron chi connectivity index (χ3n) is 4.62. The minimum absolute atomic E-state index is 0.157. The third kappa shape index (κ3) is 3.99. The van der Waals surface area contributed by atoms with Gasteiger partial charge in [0.1, 0.15) is 0 Å². The van der Waals surface area contributed by atoms with Gasteiger partial charge in [-0.25, -0.2) is 0 Å². The van der Waals surface area contributed by atoms with Crippen LogP contribution in [0.25, 0.3) is 6.08 Å². The lowest BCUT2D eigenvalue weighted by molar-refractivity contribution is -0.127. The van der Waals surface area contributed by atoms with E-state index in [2.05, 4.69) is 25.7 Å². The fourth-order valence-electron chi connectivity index (χ4n) is 3.42. The molecule has 2 aliphatic rings. The van der Waals surface area contributed by atoms with Gasteiger partial charge in [0.05, 0.1) is 0 Å². The number of hydrogen-bond acceptors (Lipinski definition) is 2. The second-order valence-electron chi connectivity index (χ2n) is 6.22. The molecule has 0 bridgehead atoms. The number of carbonyl (C=O) groups is 1. The molecule has 2 fully saturated rings. The zero-order chi connectivity index (χ0) is 15.4. The van der Waals surface area contributed by atoms with Crippen molar-refractivity contribution in [1.82, 2.24) is 9.80 Å². The lowest BCUT2D eigenvalue weighted by Crippen LogP contribution is -2.41. The van der Waals surface area contributed by atoms with Crippen molar-refractivity contribution < 1.29 is 4.79 Å². The van der Waals surface area contributed by atoms with Crippen molar-refractivity contribution in [2.24, 2.45) is 0 Å². The highest BCUT2D eigenvalue weighted by Crippen LogP contribution is 2.21. The summed E-state index contributed by atoms with van der Waals surface area (Å²) in [6, 6.07) is 8.42. The topological polar surface area (TPSA) is 23.6 Å². The Kier molecular flexibility index (Phi) is 5.32. The van der Waals surface area contributed by atoms with Gasteiger partial charge < -0.3 is 9.80 Å². The minimum atomic E-state index is 0.157. The molecule has 0 saturated carbocycles. The lowest BCUT2D eigenvalue weighted by atomic mass is 10.2. The van der Waals surface area contributed by atoms with Crippen LogP contribution in [0, 0.1) is 0 Å². The Hall–Kier alpha value is -1.13. The van der Waals surface area contributed by atoms with E-state index in [1.165, 1.54) is 25.9 Å². The first kappa shape index (κ1) is 15.8. The summed E-state index contributed by atoms with van der Waals surface area (Å²) in [5.74, 6) is 0.157. The smallest absolute Gasteiger partial charge is 0.246 e. The van der Waals surface area contributed by atoms with E-state index in [9.17, 15) is 4.79 Å². The highest BCUT2D eigenvalue weighted by Gasteiger charge is 2.29. The molecule has 1 amide bonds. The fraction of sp³-hybridized carbons (Fsp3) is 0.500. The molecule has 0 aliphatic carbocycles. The number of likely N-dealkylation sites (tertiary alicyclic amines) is 2. The van der Waals surface area contributed by atoms with E-state index in [1.54, 1.807) is 6.08 Å². The van der Waals surface area contributed by atoms with E-state index in [1.807, 2.05) is 30.3 Å². The standard InChI is InChI=1S/C18H23BrN2O/c19-16-8-5-15(6-9-16)7-10-18(22)21-13-3-4-17(21)14-20-11-1-2-12-20/h5-10,17H,1-4,11-14H2. The van der Waals surface area contributed by atoms with E-state index in [0.29, 0.717) is 6.04 Å². The van der Waals surface area contributed by atoms with Gasteiger partial charge in [-0.2, -0.15) is 0 Å². The number of rotatable bonds is 4. The van der Waals surface area contributed by atoms with E-state index in [-0.39, 0.29) is 5.91 Å². The molecule has 3 nitrogen and oxygen atoms in total. The summed E-state index contributed by atoms with van der Waals surface area (Å²) in [6.07, 6.45) is 8.55. The summed E-state index contributed by atoms with van der Waals surface area (Å²) in [5, 5.41) is 0. The van der Waals surface area contributed by atoms with Crippen molar-refractivity contribution in [2.75, 3.05) is 26.2 Å². The van der Waals surface area contributed by atoms with E-state index in [4.69, 9.17) is 0 Å². The summed E-state index contributed by atoms with van der Waals surface area (Å²) >= 11 is 3.42. The molecule has 0 radical (unpaired) electrons. The quantitative estimate of drug-likeness (QED) is 0.764. The molecule has 0 spiro atoms. The van der Waals surface area contributed by atoms with Crippen LogP contribution in [0.15, 0.2) is 34.8 Å². The van der Waals surface area contributed by atoms with Gasteiger partial charge in [-0.05, 0) is 62.5 Å². The molecular weight excluding hydrogens is 340 g/mol. The highest BCUT2D eigenvalue weighted by atomic mass is 79.9. The first-order valence-corrected chi connectivity index (χ1v) is 8.98. The second-order valence-corrected chi connectivity index (χ2v) is 7.14. The molecule has 22 heavy (non-hydrogen) atoms. The Labute approximate surface area is 141 Å². The van der Waals surface area contributed by atoms with Crippen LogP contribution in [0.2, 0.25) is 0 Å². The largest absolute Gasteiger partial charge is 0.335 e. The minimum Gasteiger partial charge on any atom is -0.335 e. The molecule has 0 N–H and O–H groups in total. The molecule has 118 valence electrons. The Morgan fingerprint density at radius 1 is 1.14 bits per heavy atom. The Morgan fingerprint density at radius 2 is 1.86 bits per heavy atom. The number of benzene rings is 1. The van der Waals surface area contributed by atoms with Crippen molar-refractivity contribution in [3.05, 3.63) is 40.4 Å². The van der Waals surface area contributed by atoms with Gasteiger partial charge in [0.2, 0.25) is 5.91 Å². The van der Waals surface area contributed by atoms with Crippen molar-refractivity contribution in [2.45, 2.75) is 31.7 Å². The van der Waals surface area contributed by atoms with Gasteiger partial charge >= 0.3 is 0 Å². The number of carbonyl (C=O) groups excluding carboxylic acids is 1. The van der Waals surface area contributed by atoms with Crippen LogP contribution in [-0.4, -0.2) is 47.9 Å². The maximum Gasteiger partial charge on any atom is 0.246 e. The SMILES string of the molecule is O=C(C=Cc1ccc(Br)cc1)N1CCCC1CN1CCCC1. The predicted molar refractivity (Wildman–Crippen MR) is 93.6 cm³/mol. The maximum absolute atomic E-state index is 12.5. The molecule has 1 aromatic rings. The summed E-state index contributed by atoms with van der Waals surface area (Å²) in [5.41, 5.74) is 1.06. The molecule has 4 heteroatoms. The zero-order valence-electron chi connectivity index (χ0n) is 12.9. The Balaban J connectivity index is 1.59. The van der Waals surface area contributed by atoms with E-state index in [0.717, 1.165) is 36.0 Å². The van der Waals surface area contributed by atoms with Crippen molar-refractivity contribution in [1.29, 1.82) is 0 Å². The zero-order valence-corrected chi connectivity index (χ0v) is 14.5. The van der Waals surface area contributed by atoms with Crippen LogP contribution >= 0.6 is 15.9 Å². The number of amides is 1. The third-order valence-corrected chi connectivity index (χ3v) is 5.14. The normalized spacial score (nSPS) is 22.8. The van der Waals surface area contributed by atoms with Crippen LogP contribution in [0.1, 0.15) is 31.2 Å². The molecule has 2 aliphatic heterocycles. The van der Waals surface area contributed by atoms with Crippen LogP contribution in [-0.2, 0) is 4.79 Å². The predicted octanol–water partition coefficient (Wildman–Crippen LogP) is 3.55. The van der Waals surface area contributed by atoms with E-state index >= 15 is 0 Å². The molecular formula is C18H23BrN2O. The van der Waals surface area contributed by atoms with Gasteiger partial charge in [-0.15, -0.1) is 0 Å². The van der Waals surface area contributed by atoms with Crippen LogP contribution in [0.5, 0.6) is 0 Å². The number of halogens is 1. The summed E-state index contributed by atoms with van der Waals surface area (Å²) in [6.45, 7) is 4.36. The van der Waals surface area contributed by atoms with Crippen LogP contribution in [0.4, 0.5) is 0 Å². The molecule has 1 aromatic carbocycles. The molecule has 1 atom stereocenters. The molecule has 2 heterocycles. The number of nitrogens with zero attached hydrogens (tertiary/aromatic N) is 2. The molecule has 1 unspecified atom stereocenters. The molecule has 2 saturated heterocycles. The first-order valence-electron chi connectivity index (χ1n) is 8.19. The summed E-state index contributed by atoms with van der Waals surface area (Å²) in [4.78, 5) is 17.1. The van der Waals surface area contributed by atoms with Crippen molar-refractivity contribution in [3.63, 3.8) is 0 Å². The van der Waals surface area contributed by atoms with Gasteiger partial charge in [0.15, 0.2) is 0 Å². The maximum atomic E-state index is 12.5. The Morgan fingerprint density at radius 3 is 2.59 bits per heavy atom. The van der Waals surface area contributed by atoms with Gasteiger partial charge in [-0.3, -0.25) is 4.79 Å². The molecule has 0 aromatic heterocycles. The Bertz CT molecular complexity index is 535. The first-order chi connectivity index (χ1) is 10.7. The summed E-state index contributed by atoms with van der Waals surface area (Å²) < 4.78 is 1.06. The van der Waals surface area contributed by atoms with Gasteiger partial charge in [0, 0.05) is 29.7 Å². The van der Waals surface area contributed by atoms with Crippen molar-refractivity contribution in [3.8, 4) is 0 Å². The fourth-order valence-corrected chi connectivity index (χ4v) is 3.68. The van der Waals surface area contributed by atoms with Gasteiger partial charge in [-0.1, -0.05) is 28.1 Å². The van der Waals surface area contributed by atoms with Crippen LogP contribution < -0.4 is 0 Å². The summed E-state index contributed by atoms with van der Waals surface area (Å²) in [7, 11) is 0. The molecule has 3 rings (SSSR count). The average molecular weight is 363 g/mol. The van der Waals surface area contributed by atoms with Crippen molar-refractivity contribution >= 4 is 27.9 Å². The highest BCUT2D eigenvalue weighted by molar-refractivity contribution is 9.10. The van der Waals surface area contributed by atoms with E-state index < -0.39 is 0 Å². The average Bonchev–Trinajstić information content (AvgIpc) is 3.19. The van der Waals surface area contributed by atoms with Gasteiger partial charge in [0.25, 0.3) is 0 Å².